The van der Waals surface area contributed by atoms with Crippen LogP contribution in [0.2, 0.25) is 18.6 Å². The van der Waals surface area contributed by atoms with Gasteiger partial charge in [0.15, 0.2) is 0 Å². The first kappa shape index (κ1) is 27.1. The second-order valence-corrected chi connectivity index (χ2v) is 12.6. The molecule has 0 radical (unpaired) electrons. The number of hydrogen-bond donors (Lipinski definition) is 0. The third-order valence-corrected chi connectivity index (χ3v) is 10.1. The summed E-state index contributed by atoms with van der Waals surface area (Å²) in [6, 6.07) is 9.98. The first-order valence-corrected chi connectivity index (χ1v) is 13.3. The van der Waals surface area contributed by atoms with Crippen molar-refractivity contribution in [2.24, 2.45) is 3.34 Å². The van der Waals surface area contributed by atoms with Crippen LogP contribution in [-0.2, 0) is 20.9 Å². The van der Waals surface area contributed by atoms with E-state index in [2.05, 4.69) is 45.7 Å². The molecular weight excluding hydrogens is 493 g/mol. The van der Waals surface area contributed by atoms with E-state index in [0.717, 1.165) is 32.1 Å². The number of benzene rings is 1. The van der Waals surface area contributed by atoms with Crippen molar-refractivity contribution in [1.82, 2.24) is 4.57 Å². The van der Waals surface area contributed by atoms with Gasteiger partial charge >= 0.3 is 60.2 Å². The van der Waals surface area contributed by atoms with Crippen molar-refractivity contribution in [3.05, 3.63) is 41.0 Å². The molecule has 0 N–H and O–H groups in total. The molecule has 145 valence electrons. The summed E-state index contributed by atoms with van der Waals surface area (Å²) in [5, 5.41) is 7.00. The zero-order valence-corrected chi connectivity index (χ0v) is 21.7. The summed E-state index contributed by atoms with van der Waals surface area (Å²) >= 11 is 1.08. The molecule has 0 spiro atoms. The van der Waals surface area contributed by atoms with Crippen LogP contribution in [0.4, 0.5) is 5.69 Å². The molecule has 1 aromatic carbocycles. The summed E-state index contributed by atoms with van der Waals surface area (Å²) in [5.41, 5.74) is 2.15. The van der Waals surface area contributed by atoms with Gasteiger partial charge in [0, 0.05) is 0 Å². The second-order valence-electron chi connectivity index (χ2n) is 6.86. The number of hydrogen-bond acceptors (Lipinski definition) is 2. The molecule has 2 rings (SSSR count). The Hall–Kier alpha value is -0.143. The van der Waals surface area contributed by atoms with Crippen LogP contribution in [0.5, 0.6) is 0 Å². The first-order chi connectivity index (χ1) is 11.8. The zero-order valence-electron chi connectivity index (χ0n) is 17.5. The molecular formula is C19H38N4SiTa-2. The third-order valence-electron chi connectivity index (χ3n) is 4.38. The Morgan fingerprint density at radius 1 is 0.960 bits per heavy atom. The van der Waals surface area contributed by atoms with Gasteiger partial charge in [-0.2, -0.15) is 28.2 Å². The average molecular weight is 532 g/mol. The van der Waals surface area contributed by atoms with Crippen LogP contribution >= 0.6 is 0 Å². The molecule has 0 saturated heterocycles. The summed E-state index contributed by atoms with van der Waals surface area (Å²) in [7, 11) is 10.5. The zero-order chi connectivity index (χ0) is 19.7. The second kappa shape index (κ2) is 17.3. The Kier molecular flexibility index (Phi) is 18.7. The molecule has 0 unspecified atom stereocenters. The predicted molar refractivity (Wildman–Crippen MR) is 112 cm³/mol. The molecule has 25 heavy (non-hydrogen) atoms. The molecule has 1 aromatic rings. The fraction of sp³-hybridized carbons (Fsp3) is 0.684. The van der Waals surface area contributed by atoms with Gasteiger partial charge in [0.05, 0.1) is 0 Å². The summed E-state index contributed by atoms with van der Waals surface area (Å²) in [4.78, 5) is 0. The molecule has 0 amide bonds. The first-order valence-electron chi connectivity index (χ1n) is 8.85. The van der Waals surface area contributed by atoms with Crippen molar-refractivity contribution in [3.63, 3.8) is 0 Å². The minimum atomic E-state index is -1.01. The van der Waals surface area contributed by atoms with E-state index in [4.69, 9.17) is 0 Å². The predicted octanol–water partition coefficient (Wildman–Crippen LogP) is 5.99. The molecule has 1 fully saturated rings. The Bertz CT molecular complexity index is 405. The normalized spacial score (nSPS) is 13.6. The summed E-state index contributed by atoms with van der Waals surface area (Å²) in [5.74, 6) is 0. The van der Waals surface area contributed by atoms with Crippen LogP contribution in [0.25, 0.3) is 10.6 Å². The summed E-state index contributed by atoms with van der Waals surface area (Å²) in [6.45, 7) is 5.01. The van der Waals surface area contributed by atoms with Crippen LogP contribution < -0.4 is 0 Å². The van der Waals surface area contributed by atoms with Crippen molar-refractivity contribution in [2.75, 3.05) is 42.3 Å². The van der Waals surface area contributed by atoms with Gasteiger partial charge in [-0.1, -0.05) is 38.8 Å². The molecule has 6 heteroatoms. The molecule has 0 heterocycles. The Balaban J connectivity index is 0. The van der Waals surface area contributed by atoms with Crippen LogP contribution in [-0.4, -0.2) is 55.1 Å². The minimum absolute atomic E-state index is 1.01. The standard InChI is InChI=1S/C9H21NSi.C6H5N.2C2H6N.Ta/c1-10(2)11(3,4)9-7-5-6-8-9;7-6-4-2-1-3-5-6;2*1-3-2;/h9H,5-8H2,1-4H3;1-5H;2*1-2H3;/q;;2*-1;. The van der Waals surface area contributed by atoms with E-state index in [-0.39, 0.29) is 0 Å². The van der Waals surface area contributed by atoms with Crippen molar-refractivity contribution >= 4 is 13.9 Å². The van der Waals surface area contributed by atoms with Crippen LogP contribution in [0.3, 0.4) is 0 Å². The SMILES string of the molecule is CN(C)[Si](C)(C)C1CCCC1.C[N-]C.C[N-]C.[Ta]=[N]c1ccccc1. The fourth-order valence-corrected chi connectivity index (χ4v) is 5.52. The van der Waals surface area contributed by atoms with E-state index >= 15 is 0 Å². The monoisotopic (exact) mass is 531 g/mol. The van der Waals surface area contributed by atoms with Gasteiger partial charge in [0.2, 0.25) is 0 Å². The van der Waals surface area contributed by atoms with Crippen molar-refractivity contribution in [3.8, 4) is 0 Å². The van der Waals surface area contributed by atoms with Gasteiger partial charge < -0.3 is 15.2 Å². The molecule has 0 aromatic heterocycles. The molecule has 0 atom stereocenters. The molecule has 4 nitrogen and oxygen atoms in total. The van der Waals surface area contributed by atoms with Gasteiger partial charge in [-0.25, -0.2) is 0 Å². The van der Waals surface area contributed by atoms with Gasteiger partial charge in [0.25, 0.3) is 0 Å². The van der Waals surface area contributed by atoms with Crippen LogP contribution in [0, 0.1) is 0 Å². The van der Waals surface area contributed by atoms with E-state index in [1.807, 2.05) is 30.3 Å². The average Bonchev–Trinajstić information content (AvgIpc) is 3.13. The Labute approximate surface area is 170 Å². The van der Waals surface area contributed by atoms with E-state index in [9.17, 15) is 0 Å². The van der Waals surface area contributed by atoms with Gasteiger partial charge in [-0.3, -0.25) is 0 Å². The van der Waals surface area contributed by atoms with E-state index in [0.29, 0.717) is 0 Å². The van der Waals surface area contributed by atoms with Gasteiger partial charge in [-0.15, -0.1) is 0 Å². The van der Waals surface area contributed by atoms with E-state index < -0.39 is 8.24 Å². The molecule has 0 aliphatic heterocycles. The molecule has 0 bridgehead atoms. The van der Waals surface area contributed by atoms with Crippen LogP contribution in [0.15, 0.2) is 33.7 Å². The third kappa shape index (κ3) is 13.7. The van der Waals surface area contributed by atoms with E-state index in [1.165, 1.54) is 25.7 Å². The van der Waals surface area contributed by atoms with Gasteiger partial charge in [0.1, 0.15) is 8.24 Å². The van der Waals surface area contributed by atoms with Crippen molar-refractivity contribution in [1.29, 1.82) is 0 Å². The Morgan fingerprint density at radius 2 is 1.36 bits per heavy atom. The quantitative estimate of drug-likeness (QED) is 0.443. The van der Waals surface area contributed by atoms with E-state index in [1.54, 1.807) is 28.2 Å². The maximum absolute atomic E-state index is 4.08. The van der Waals surface area contributed by atoms with Gasteiger partial charge in [-0.05, 0) is 19.6 Å². The van der Waals surface area contributed by atoms with Crippen molar-refractivity contribution < 1.29 is 20.9 Å². The maximum atomic E-state index is 4.08. The number of rotatable bonds is 3. The summed E-state index contributed by atoms with van der Waals surface area (Å²) < 4.78 is 6.58. The fourth-order valence-electron chi connectivity index (χ4n) is 2.49. The number of nitrogens with zero attached hydrogens (tertiary/aromatic N) is 4. The Morgan fingerprint density at radius 3 is 1.64 bits per heavy atom. The molecule has 1 aliphatic carbocycles. The molecule has 1 saturated carbocycles. The molecule has 1 aliphatic rings. The van der Waals surface area contributed by atoms with Crippen LogP contribution in [0.1, 0.15) is 25.7 Å². The summed E-state index contributed by atoms with van der Waals surface area (Å²) in [6.07, 6.45) is 5.96. The van der Waals surface area contributed by atoms with Crippen molar-refractivity contribution in [2.45, 2.75) is 44.3 Å². The topological polar surface area (TPSA) is 43.8 Å².